The van der Waals surface area contributed by atoms with Crippen molar-refractivity contribution in [3.8, 4) is 11.1 Å². The Morgan fingerprint density at radius 2 is 1.70 bits per heavy atom. The van der Waals surface area contributed by atoms with Gasteiger partial charge >= 0.3 is 5.97 Å². The molecule has 20 heavy (non-hydrogen) atoms. The largest absolute Gasteiger partial charge is 0.478 e. The number of nitrogens with zero attached hydrogens (tertiary/aromatic N) is 1. The van der Waals surface area contributed by atoms with Crippen molar-refractivity contribution in [3.63, 3.8) is 0 Å². The summed E-state index contributed by atoms with van der Waals surface area (Å²) < 4.78 is 0. The van der Waals surface area contributed by atoms with Crippen LogP contribution in [0.25, 0.3) is 11.1 Å². The molecule has 0 saturated heterocycles. The third kappa shape index (κ3) is 2.69. The van der Waals surface area contributed by atoms with E-state index < -0.39 is 5.97 Å². The number of hydrogen-bond donors (Lipinski definition) is 1. The Kier molecular flexibility index (Phi) is 3.84. The molecule has 2 rings (SSSR count). The van der Waals surface area contributed by atoms with Crippen molar-refractivity contribution < 1.29 is 14.7 Å². The minimum Gasteiger partial charge on any atom is -0.478 e. The van der Waals surface area contributed by atoms with E-state index in [0.717, 1.165) is 5.56 Å². The lowest BCUT2D eigenvalue weighted by molar-refractivity contribution is 0.0697. The molecule has 0 bridgehead atoms. The molecule has 0 spiro atoms. The molecule has 0 unspecified atom stereocenters. The van der Waals surface area contributed by atoms with Gasteiger partial charge < -0.3 is 10.0 Å². The zero-order valence-corrected chi connectivity index (χ0v) is 11.3. The molecule has 0 aromatic heterocycles. The predicted octanol–water partition coefficient (Wildman–Crippen LogP) is 2.75. The van der Waals surface area contributed by atoms with Gasteiger partial charge in [0, 0.05) is 19.7 Å². The van der Waals surface area contributed by atoms with Gasteiger partial charge in [0.05, 0.1) is 5.56 Å². The summed E-state index contributed by atoms with van der Waals surface area (Å²) in [4.78, 5) is 24.7. The van der Waals surface area contributed by atoms with Gasteiger partial charge in [-0.05, 0) is 29.3 Å². The summed E-state index contributed by atoms with van der Waals surface area (Å²) >= 11 is 0. The molecule has 0 radical (unpaired) electrons. The molecule has 0 aliphatic rings. The van der Waals surface area contributed by atoms with Crippen molar-refractivity contribution >= 4 is 11.9 Å². The molecular formula is C16H15NO3. The van der Waals surface area contributed by atoms with Crippen LogP contribution in [0, 0.1) is 0 Å². The van der Waals surface area contributed by atoms with Crippen LogP contribution in [-0.4, -0.2) is 36.0 Å². The first kappa shape index (κ1) is 13.8. The van der Waals surface area contributed by atoms with E-state index in [1.54, 1.807) is 62.6 Å². The highest BCUT2D eigenvalue weighted by Gasteiger charge is 2.13. The fourth-order valence-corrected chi connectivity index (χ4v) is 2.00. The molecule has 1 N–H and O–H groups in total. The summed E-state index contributed by atoms with van der Waals surface area (Å²) in [6.07, 6.45) is 0. The van der Waals surface area contributed by atoms with E-state index in [-0.39, 0.29) is 11.5 Å². The van der Waals surface area contributed by atoms with Gasteiger partial charge in [0.15, 0.2) is 0 Å². The number of carboxylic acids is 1. The van der Waals surface area contributed by atoms with Gasteiger partial charge in [-0.3, -0.25) is 4.79 Å². The van der Waals surface area contributed by atoms with Crippen LogP contribution in [0.2, 0.25) is 0 Å². The third-order valence-corrected chi connectivity index (χ3v) is 2.98. The Labute approximate surface area is 117 Å². The van der Waals surface area contributed by atoms with Gasteiger partial charge in [0.1, 0.15) is 0 Å². The molecular weight excluding hydrogens is 254 g/mol. The molecule has 4 nitrogen and oxygen atoms in total. The van der Waals surface area contributed by atoms with E-state index in [9.17, 15) is 14.7 Å². The number of aromatic carboxylic acids is 1. The van der Waals surface area contributed by atoms with Crippen LogP contribution < -0.4 is 0 Å². The topological polar surface area (TPSA) is 57.6 Å². The zero-order chi connectivity index (χ0) is 14.7. The smallest absolute Gasteiger partial charge is 0.336 e. The summed E-state index contributed by atoms with van der Waals surface area (Å²) in [6, 6.07) is 13.7. The molecule has 0 aliphatic heterocycles. The molecule has 1 amide bonds. The van der Waals surface area contributed by atoms with Crippen LogP contribution >= 0.6 is 0 Å². The normalized spacial score (nSPS) is 10.1. The molecule has 0 heterocycles. The van der Waals surface area contributed by atoms with Gasteiger partial charge in [0.2, 0.25) is 0 Å². The summed E-state index contributed by atoms with van der Waals surface area (Å²) in [5.41, 5.74) is 2.08. The van der Waals surface area contributed by atoms with E-state index in [2.05, 4.69) is 0 Å². The quantitative estimate of drug-likeness (QED) is 0.932. The van der Waals surface area contributed by atoms with Crippen molar-refractivity contribution in [3.05, 3.63) is 59.7 Å². The first-order valence-corrected chi connectivity index (χ1v) is 6.15. The summed E-state index contributed by atoms with van der Waals surface area (Å²) in [5, 5.41) is 9.22. The van der Waals surface area contributed by atoms with Crippen LogP contribution in [0.3, 0.4) is 0 Å². The van der Waals surface area contributed by atoms with Gasteiger partial charge in [-0.1, -0.05) is 30.3 Å². The second kappa shape index (κ2) is 5.57. The van der Waals surface area contributed by atoms with Crippen LogP contribution in [0.15, 0.2) is 48.5 Å². The Morgan fingerprint density at radius 3 is 2.35 bits per heavy atom. The highest BCUT2D eigenvalue weighted by Crippen LogP contribution is 2.24. The number of carbonyl (C=O) groups is 2. The van der Waals surface area contributed by atoms with Gasteiger partial charge in [-0.2, -0.15) is 0 Å². The monoisotopic (exact) mass is 269 g/mol. The van der Waals surface area contributed by atoms with Gasteiger partial charge in [0.25, 0.3) is 5.91 Å². The van der Waals surface area contributed by atoms with E-state index in [1.165, 1.54) is 4.90 Å². The first-order chi connectivity index (χ1) is 9.50. The third-order valence-electron chi connectivity index (χ3n) is 2.98. The molecule has 4 heteroatoms. The van der Waals surface area contributed by atoms with Crippen LogP contribution in [-0.2, 0) is 0 Å². The van der Waals surface area contributed by atoms with Gasteiger partial charge in [-0.15, -0.1) is 0 Å². The first-order valence-electron chi connectivity index (χ1n) is 6.15. The van der Waals surface area contributed by atoms with Crippen molar-refractivity contribution in [2.24, 2.45) is 0 Å². The lowest BCUT2D eigenvalue weighted by Gasteiger charge is -2.12. The van der Waals surface area contributed by atoms with E-state index in [1.807, 2.05) is 0 Å². The minimum atomic E-state index is -0.982. The Morgan fingerprint density at radius 1 is 1.00 bits per heavy atom. The average Bonchev–Trinajstić information content (AvgIpc) is 2.46. The fourth-order valence-electron chi connectivity index (χ4n) is 2.00. The number of carboxylic acid groups (broad SMARTS) is 1. The number of amides is 1. The SMILES string of the molecule is CN(C)C(=O)c1cccc(-c2ccccc2C(=O)O)c1. The maximum atomic E-state index is 12.0. The minimum absolute atomic E-state index is 0.111. The van der Waals surface area contributed by atoms with Crippen LogP contribution in [0.5, 0.6) is 0 Å². The van der Waals surface area contributed by atoms with Gasteiger partial charge in [-0.25, -0.2) is 4.79 Å². The maximum absolute atomic E-state index is 12.0. The van der Waals surface area contributed by atoms with Crippen molar-refractivity contribution in [1.29, 1.82) is 0 Å². The number of benzene rings is 2. The van der Waals surface area contributed by atoms with Crippen LogP contribution in [0.1, 0.15) is 20.7 Å². The highest BCUT2D eigenvalue weighted by atomic mass is 16.4. The molecule has 0 atom stereocenters. The molecule has 2 aromatic rings. The van der Waals surface area contributed by atoms with E-state index >= 15 is 0 Å². The molecule has 0 aliphatic carbocycles. The fraction of sp³-hybridized carbons (Fsp3) is 0.125. The van der Waals surface area contributed by atoms with Crippen molar-refractivity contribution in [1.82, 2.24) is 4.90 Å². The summed E-state index contributed by atoms with van der Waals surface area (Å²) in [5.74, 6) is -1.09. The average molecular weight is 269 g/mol. The summed E-state index contributed by atoms with van der Waals surface area (Å²) in [6.45, 7) is 0. The standard InChI is InChI=1S/C16H15NO3/c1-17(2)15(18)12-7-5-6-11(10-12)13-8-3-4-9-14(13)16(19)20/h3-10H,1-2H3,(H,19,20). The highest BCUT2D eigenvalue weighted by molar-refractivity contribution is 5.98. The molecule has 102 valence electrons. The van der Waals surface area contributed by atoms with Crippen LogP contribution in [0.4, 0.5) is 0 Å². The Bertz CT molecular complexity index is 662. The number of rotatable bonds is 3. The Hall–Kier alpha value is -2.62. The van der Waals surface area contributed by atoms with Crippen molar-refractivity contribution in [2.45, 2.75) is 0 Å². The molecule has 0 fully saturated rings. The lowest BCUT2D eigenvalue weighted by Crippen LogP contribution is -2.21. The van der Waals surface area contributed by atoms with E-state index in [4.69, 9.17) is 0 Å². The number of carbonyl (C=O) groups excluding carboxylic acids is 1. The molecule has 2 aromatic carbocycles. The molecule has 0 saturated carbocycles. The second-order valence-electron chi connectivity index (χ2n) is 4.63. The Balaban J connectivity index is 2.52. The van der Waals surface area contributed by atoms with E-state index in [0.29, 0.717) is 11.1 Å². The second-order valence-corrected chi connectivity index (χ2v) is 4.63. The lowest BCUT2D eigenvalue weighted by atomic mass is 9.98. The zero-order valence-electron chi connectivity index (χ0n) is 11.3. The van der Waals surface area contributed by atoms with Crippen molar-refractivity contribution in [2.75, 3.05) is 14.1 Å². The number of hydrogen-bond acceptors (Lipinski definition) is 2. The predicted molar refractivity (Wildman–Crippen MR) is 76.9 cm³/mol. The maximum Gasteiger partial charge on any atom is 0.336 e. The summed E-state index contributed by atoms with van der Waals surface area (Å²) in [7, 11) is 3.36.